The first-order valence-electron chi connectivity index (χ1n) is 8.85. The predicted octanol–water partition coefficient (Wildman–Crippen LogP) is 2.12. The van der Waals surface area contributed by atoms with E-state index in [4.69, 9.17) is 9.47 Å². The molecule has 1 saturated heterocycles. The fraction of sp³-hybridized carbons (Fsp3) is 0.684. The minimum atomic E-state index is -0.627. The van der Waals surface area contributed by atoms with Gasteiger partial charge in [-0.15, -0.1) is 0 Å². The van der Waals surface area contributed by atoms with Crippen molar-refractivity contribution in [3.05, 3.63) is 23.3 Å². The first-order chi connectivity index (χ1) is 11.1. The maximum Gasteiger partial charge on any atom is 0.165 e. The van der Waals surface area contributed by atoms with E-state index < -0.39 is 5.60 Å². The summed E-state index contributed by atoms with van der Waals surface area (Å²) >= 11 is 0. The first-order valence-corrected chi connectivity index (χ1v) is 8.85. The number of piperidine rings is 1. The second kappa shape index (κ2) is 4.42. The summed E-state index contributed by atoms with van der Waals surface area (Å²) in [6, 6.07) is 4.47. The maximum absolute atomic E-state index is 11.9. The fourth-order valence-electron chi connectivity index (χ4n) is 6.05. The van der Waals surface area contributed by atoms with Gasteiger partial charge in [-0.1, -0.05) is 6.07 Å². The number of methoxy groups -OCH3 is 1. The van der Waals surface area contributed by atoms with Crippen molar-refractivity contribution in [2.45, 2.75) is 49.2 Å². The number of likely N-dealkylation sites (N-methyl/N-ethyl adjacent to an activating group) is 1. The molecule has 2 aliphatic heterocycles. The Bertz CT molecular complexity index is 675. The molecule has 1 spiro atoms. The van der Waals surface area contributed by atoms with E-state index in [1.54, 1.807) is 7.11 Å². The molecule has 4 heteroatoms. The normalized spacial score (nSPS) is 41.0. The van der Waals surface area contributed by atoms with Gasteiger partial charge in [0, 0.05) is 17.0 Å². The Labute approximate surface area is 137 Å². The van der Waals surface area contributed by atoms with Crippen LogP contribution in [-0.4, -0.2) is 49.0 Å². The molecule has 0 amide bonds. The van der Waals surface area contributed by atoms with E-state index in [1.165, 1.54) is 11.1 Å². The molecule has 2 heterocycles. The second-order valence-electron chi connectivity index (χ2n) is 8.01. The zero-order valence-corrected chi connectivity index (χ0v) is 14.0. The van der Waals surface area contributed by atoms with Crippen molar-refractivity contribution in [2.75, 3.05) is 27.3 Å². The zero-order chi connectivity index (χ0) is 15.8. The van der Waals surface area contributed by atoms with Crippen LogP contribution in [-0.2, 0) is 11.8 Å². The monoisotopic (exact) mass is 315 g/mol. The number of hydrogen-bond donors (Lipinski definition) is 1. The van der Waals surface area contributed by atoms with E-state index in [9.17, 15) is 5.11 Å². The molecule has 0 aromatic heterocycles. The van der Waals surface area contributed by atoms with E-state index >= 15 is 0 Å². The molecular formula is C19H25NO3. The minimum Gasteiger partial charge on any atom is -0.493 e. The lowest BCUT2D eigenvalue weighted by Gasteiger charge is -2.63. The van der Waals surface area contributed by atoms with Crippen LogP contribution in [0.15, 0.2) is 12.1 Å². The average molecular weight is 315 g/mol. The molecule has 1 N–H and O–H groups in total. The van der Waals surface area contributed by atoms with Crippen molar-refractivity contribution in [3.63, 3.8) is 0 Å². The van der Waals surface area contributed by atoms with Gasteiger partial charge in [0.1, 0.15) is 0 Å². The van der Waals surface area contributed by atoms with Crippen molar-refractivity contribution >= 4 is 0 Å². The van der Waals surface area contributed by atoms with Gasteiger partial charge in [-0.25, -0.2) is 0 Å². The average Bonchev–Trinajstić information content (AvgIpc) is 2.70. The molecule has 3 bridgehead atoms. The molecule has 1 aromatic rings. The topological polar surface area (TPSA) is 41.9 Å². The van der Waals surface area contributed by atoms with Crippen molar-refractivity contribution in [1.82, 2.24) is 4.90 Å². The molecule has 4 aliphatic rings. The van der Waals surface area contributed by atoms with Gasteiger partial charge in [0.25, 0.3) is 0 Å². The van der Waals surface area contributed by atoms with E-state index in [0.717, 1.165) is 56.8 Å². The SMILES string of the molecule is COc1ccc2c3c1OC[C@H]1CC[C@@]4(O)[C@@H](C2)N(C)CC[C@@]34C1. The Morgan fingerprint density at radius 2 is 2.22 bits per heavy atom. The lowest BCUT2D eigenvalue weighted by molar-refractivity contribution is -0.167. The summed E-state index contributed by atoms with van der Waals surface area (Å²) in [5, 5.41) is 11.9. The Balaban J connectivity index is 1.83. The van der Waals surface area contributed by atoms with Crippen molar-refractivity contribution in [1.29, 1.82) is 0 Å². The molecule has 4 nitrogen and oxygen atoms in total. The Morgan fingerprint density at radius 3 is 3.04 bits per heavy atom. The largest absolute Gasteiger partial charge is 0.493 e. The number of benzene rings is 1. The summed E-state index contributed by atoms with van der Waals surface area (Å²) < 4.78 is 11.9. The lowest BCUT2D eigenvalue weighted by Crippen LogP contribution is -2.72. The van der Waals surface area contributed by atoms with Gasteiger partial charge in [0.15, 0.2) is 11.5 Å². The third kappa shape index (κ3) is 1.54. The Kier molecular flexibility index (Phi) is 2.71. The van der Waals surface area contributed by atoms with Crippen LogP contribution >= 0.6 is 0 Å². The number of ether oxygens (including phenoxy) is 2. The number of likely N-dealkylation sites (tertiary alicyclic amines) is 1. The third-order valence-corrected chi connectivity index (χ3v) is 7.16. The number of aliphatic hydroxyl groups is 1. The van der Waals surface area contributed by atoms with Gasteiger partial charge >= 0.3 is 0 Å². The van der Waals surface area contributed by atoms with E-state index in [2.05, 4.69) is 18.0 Å². The standard InChI is InChI=1S/C19H25NO3/c1-20-8-7-18-10-12-5-6-19(18,21)15(20)9-13-3-4-14(22-2)17(16(13)18)23-11-12/h3-4,12,15,21H,5-11H2,1-2H3/t12-,15+,18+,19+/m0/s1. The summed E-state index contributed by atoms with van der Waals surface area (Å²) in [5.74, 6) is 2.28. The van der Waals surface area contributed by atoms with Crippen molar-refractivity contribution < 1.29 is 14.6 Å². The molecule has 4 atom stereocenters. The fourth-order valence-corrected chi connectivity index (χ4v) is 6.05. The summed E-state index contributed by atoms with van der Waals surface area (Å²) in [6.45, 7) is 1.81. The zero-order valence-electron chi connectivity index (χ0n) is 14.0. The van der Waals surface area contributed by atoms with Crippen LogP contribution in [0.25, 0.3) is 0 Å². The highest BCUT2D eigenvalue weighted by atomic mass is 16.5. The van der Waals surface area contributed by atoms with Gasteiger partial charge < -0.3 is 19.5 Å². The molecule has 124 valence electrons. The summed E-state index contributed by atoms with van der Waals surface area (Å²) in [4.78, 5) is 2.38. The minimum absolute atomic E-state index is 0.152. The maximum atomic E-state index is 11.9. The van der Waals surface area contributed by atoms with Crippen LogP contribution in [0.1, 0.15) is 36.8 Å². The van der Waals surface area contributed by atoms with Crippen LogP contribution in [0.5, 0.6) is 11.5 Å². The summed E-state index contributed by atoms with van der Waals surface area (Å²) in [5.41, 5.74) is 1.84. The van der Waals surface area contributed by atoms with Crippen LogP contribution in [0.2, 0.25) is 0 Å². The smallest absolute Gasteiger partial charge is 0.165 e. The van der Waals surface area contributed by atoms with Gasteiger partial charge in [0.05, 0.1) is 19.3 Å². The number of rotatable bonds is 1. The summed E-state index contributed by atoms with van der Waals surface area (Å²) in [6.07, 6.45) is 4.94. The number of nitrogens with zero attached hydrogens (tertiary/aromatic N) is 1. The highest BCUT2D eigenvalue weighted by Crippen LogP contribution is 2.63. The van der Waals surface area contributed by atoms with E-state index in [0.29, 0.717) is 5.92 Å². The molecule has 0 unspecified atom stereocenters. The van der Waals surface area contributed by atoms with Crippen LogP contribution in [0, 0.1) is 5.92 Å². The number of hydrogen-bond acceptors (Lipinski definition) is 4. The molecule has 1 saturated carbocycles. The lowest BCUT2D eigenvalue weighted by atomic mass is 9.48. The second-order valence-corrected chi connectivity index (χ2v) is 8.01. The molecule has 2 fully saturated rings. The first kappa shape index (κ1) is 14.1. The quantitative estimate of drug-likeness (QED) is 0.862. The highest BCUT2D eigenvalue weighted by Gasteiger charge is 2.65. The molecule has 1 aromatic carbocycles. The van der Waals surface area contributed by atoms with E-state index in [1.807, 2.05) is 6.07 Å². The molecule has 2 aliphatic carbocycles. The van der Waals surface area contributed by atoms with Gasteiger partial charge in [-0.2, -0.15) is 0 Å². The molecule has 0 radical (unpaired) electrons. The van der Waals surface area contributed by atoms with Crippen molar-refractivity contribution in [2.24, 2.45) is 5.92 Å². The van der Waals surface area contributed by atoms with Crippen LogP contribution in [0.4, 0.5) is 0 Å². The summed E-state index contributed by atoms with van der Waals surface area (Å²) in [7, 11) is 3.88. The van der Waals surface area contributed by atoms with Gasteiger partial charge in [0.2, 0.25) is 0 Å². The molecular weight excluding hydrogens is 290 g/mol. The molecule has 5 rings (SSSR count). The van der Waals surface area contributed by atoms with Gasteiger partial charge in [-0.05, 0) is 63.2 Å². The molecule has 23 heavy (non-hydrogen) atoms. The number of fused-ring (bicyclic) bond motifs is 1. The van der Waals surface area contributed by atoms with Gasteiger partial charge in [-0.3, -0.25) is 0 Å². The highest BCUT2D eigenvalue weighted by molar-refractivity contribution is 5.59. The van der Waals surface area contributed by atoms with E-state index in [-0.39, 0.29) is 11.5 Å². The van der Waals surface area contributed by atoms with Crippen molar-refractivity contribution in [3.8, 4) is 11.5 Å². The Hall–Kier alpha value is -1.26. The third-order valence-electron chi connectivity index (χ3n) is 7.16. The predicted molar refractivity (Wildman–Crippen MR) is 87.2 cm³/mol. The van der Waals surface area contributed by atoms with Crippen LogP contribution in [0.3, 0.4) is 0 Å². The Morgan fingerprint density at radius 1 is 1.35 bits per heavy atom. The van der Waals surface area contributed by atoms with Crippen LogP contribution < -0.4 is 9.47 Å².